The van der Waals surface area contributed by atoms with Crippen molar-refractivity contribution in [1.82, 2.24) is 0 Å². The summed E-state index contributed by atoms with van der Waals surface area (Å²) < 4.78 is 6.15. The predicted octanol–water partition coefficient (Wildman–Crippen LogP) is 5.79. The average Bonchev–Trinajstić information content (AvgIpc) is 3.07. The van der Waals surface area contributed by atoms with Gasteiger partial charge in [-0.15, -0.1) is 0 Å². The molecule has 0 unspecified atom stereocenters. The molecule has 2 aliphatic rings. The van der Waals surface area contributed by atoms with Gasteiger partial charge in [0, 0.05) is 5.56 Å². The number of ether oxygens (including phenoxy) is 1. The monoisotopic (exact) mass is 304 g/mol. The van der Waals surface area contributed by atoms with Crippen LogP contribution in [0.15, 0.2) is 55.1 Å². The molecule has 4 rings (SSSR count). The third kappa shape index (κ3) is 2.59. The minimum absolute atomic E-state index is 0.380. The summed E-state index contributed by atoms with van der Waals surface area (Å²) in [6, 6.07) is 16.9. The second-order valence-corrected chi connectivity index (χ2v) is 7.02. The molecule has 1 saturated carbocycles. The zero-order chi connectivity index (χ0) is 15.7. The van der Waals surface area contributed by atoms with Crippen LogP contribution in [0.1, 0.15) is 48.8 Å². The predicted molar refractivity (Wildman–Crippen MR) is 95.5 cm³/mol. The topological polar surface area (TPSA) is 9.23 Å². The van der Waals surface area contributed by atoms with Crippen LogP contribution < -0.4 is 4.74 Å². The van der Waals surface area contributed by atoms with Crippen molar-refractivity contribution in [1.29, 1.82) is 0 Å². The first-order valence-electron chi connectivity index (χ1n) is 8.77. The van der Waals surface area contributed by atoms with Crippen LogP contribution in [-0.4, -0.2) is 0 Å². The standard InChI is InChI=1S/C22H24O/c1-17-19-10-7-11-21(23-16-18-8-3-2-4-9-18)20(19)12-15-22(17)13-5-6-14-22/h2-4,7-11H,1,5-6,12-16H2. The highest BCUT2D eigenvalue weighted by Gasteiger charge is 2.40. The summed E-state index contributed by atoms with van der Waals surface area (Å²) >= 11 is 0. The fourth-order valence-electron chi connectivity index (χ4n) is 4.38. The maximum Gasteiger partial charge on any atom is 0.123 e. The molecule has 0 heterocycles. The van der Waals surface area contributed by atoms with Gasteiger partial charge in [-0.05, 0) is 53.9 Å². The van der Waals surface area contributed by atoms with E-state index in [0.717, 1.165) is 12.2 Å². The van der Waals surface area contributed by atoms with Crippen molar-refractivity contribution in [2.75, 3.05) is 0 Å². The minimum atomic E-state index is 0.380. The highest BCUT2D eigenvalue weighted by Crippen LogP contribution is 2.55. The Hall–Kier alpha value is -2.02. The first kappa shape index (κ1) is 14.6. The van der Waals surface area contributed by atoms with Crippen LogP contribution in [0, 0.1) is 5.41 Å². The van der Waals surface area contributed by atoms with Gasteiger partial charge in [0.25, 0.3) is 0 Å². The summed E-state index contributed by atoms with van der Waals surface area (Å²) in [5, 5.41) is 0. The highest BCUT2D eigenvalue weighted by atomic mass is 16.5. The van der Waals surface area contributed by atoms with E-state index in [9.17, 15) is 0 Å². The number of hydrogen-bond donors (Lipinski definition) is 0. The summed E-state index contributed by atoms with van der Waals surface area (Å²) in [5.41, 5.74) is 5.67. The second-order valence-electron chi connectivity index (χ2n) is 7.02. The fraction of sp³-hybridized carbons (Fsp3) is 0.364. The summed E-state index contributed by atoms with van der Waals surface area (Å²) in [6.07, 6.45) is 7.72. The van der Waals surface area contributed by atoms with Gasteiger partial charge in [0.1, 0.15) is 12.4 Å². The van der Waals surface area contributed by atoms with Crippen molar-refractivity contribution in [2.45, 2.75) is 45.1 Å². The van der Waals surface area contributed by atoms with Crippen LogP contribution in [0.3, 0.4) is 0 Å². The van der Waals surface area contributed by atoms with Crippen LogP contribution in [0.4, 0.5) is 0 Å². The molecule has 0 aliphatic heterocycles. The van der Waals surface area contributed by atoms with E-state index in [-0.39, 0.29) is 0 Å². The molecule has 2 aromatic rings. The molecular formula is C22H24O. The lowest BCUT2D eigenvalue weighted by atomic mass is 9.67. The number of fused-ring (bicyclic) bond motifs is 1. The zero-order valence-corrected chi connectivity index (χ0v) is 13.7. The maximum absolute atomic E-state index is 6.15. The van der Waals surface area contributed by atoms with E-state index in [1.54, 1.807) is 0 Å². The quantitative estimate of drug-likeness (QED) is 0.698. The molecule has 2 aromatic carbocycles. The molecule has 2 aliphatic carbocycles. The van der Waals surface area contributed by atoms with Gasteiger partial charge in [-0.3, -0.25) is 0 Å². The number of allylic oxidation sites excluding steroid dienone is 1. The van der Waals surface area contributed by atoms with E-state index in [1.807, 2.05) is 6.07 Å². The molecule has 118 valence electrons. The Morgan fingerprint density at radius 2 is 1.70 bits per heavy atom. The lowest BCUT2D eigenvalue weighted by molar-refractivity contribution is 0.297. The lowest BCUT2D eigenvalue weighted by Gasteiger charge is -2.37. The second kappa shape index (κ2) is 5.88. The van der Waals surface area contributed by atoms with Crippen LogP contribution >= 0.6 is 0 Å². The Balaban J connectivity index is 1.59. The Morgan fingerprint density at radius 3 is 2.48 bits per heavy atom. The molecule has 1 fully saturated rings. The van der Waals surface area contributed by atoms with Gasteiger partial charge in [-0.25, -0.2) is 0 Å². The molecule has 1 spiro atoms. The molecule has 0 saturated heterocycles. The van der Waals surface area contributed by atoms with E-state index in [0.29, 0.717) is 12.0 Å². The fourth-order valence-corrected chi connectivity index (χ4v) is 4.38. The summed E-state index contributed by atoms with van der Waals surface area (Å²) in [5.74, 6) is 1.04. The van der Waals surface area contributed by atoms with Crippen LogP contribution in [-0.2, 0) is 13.0 Å². The molecule has 0 radical (unpaired) electrons. The van der Waals surface area contributed by atoms with E-state index in [4.69, 9.17) is 4.74 Å². The Labute approximate surface area is 139 Å². The van der Waals surface area contributed by atoms with Crippen molar-refractivity contribution < 1.29 is 4.74 Å². The molecular weight excluding hydrogens is 280 g/mol. The van der Waals surface area contributed by atoms with Gasteiger partial charge in [0.2, 0.25) is 0 Å². The largest absolute Gasteiger partial charge is 0.489 e. The van der Waals surface area contributed by atoms with Gasteiger partial charge >= 0.3 is 0 Å². The Morgan fingerprint density at radius 1 is 0.913 bits per heavy atom. The third-order valence-electron chi connectivity index (χ3n) is 5.75. The number of benzene rings is 2. The SMILES string of the molecule is C=C1c2cccc(OCc3ccccc3)c2CCC12CCCC2. The van der Waals surface area contributed by atoms with Gasteiger partial charge < -0.3 is 4.74 Å². The van der Waals surface area contributed by atoms with Crippen molar-refractivity contribution in [3.63, 3.8) is 0 Å². The number of rotatable bonds is 3. The van der Waals surface area contributed by atoms with Crippen molar-refractivity contribution >= 4 is 5.57 Å². The summed E-state index contributed by atoms with van der Waals surface area (Å²) in [7, 11) is 0. The first-order valence-corrected chi connectivity index (χ1v) is 8.77. The van der Waals surface area contributed by atoms with E-state index < -0.39 is 0 Å². The molecule has 0 N–H and O–H groups in total. The molecule has 0 atom stereocenters. The first-order chi connectivity index (χ1) is 11.3. The number of hydrogen-bond acceptors (Lipinski definition) is 1. The third-order valence-corrected chi connectivity index (χ3v) is 5.75. The molecule has 0 bridgehead atoms. The Bertz CT molecular complexity index is 708. The van der Waals surface area contributed by atoms with Crippen LogP contribution in [0.25, 0.3) is 5.57 Å². The summed E-state index contributed by atoms with van der Waals surface area (Å²) in [4.78, 5) is 0. The maximum atomic E-state index is 6.15. The molecule has 0 amide bonds. The molecule has 0 aromatic heterocycles. The lowest BCUT2D eigenvalue weighted by Crippen LogP contribution is -2.24. The molecule has 1 nitrogen and oxygen atoms in total. The molecule has 23 heavy (non-hydrogen) atoms. The van der Waals surface area contributed by atoms with Crippen LogP contribution in [0.5, 0.6) is 5.75 Å². The van der Waals surface area contributed by atoms with Gasteiger partial charge in [0.15, 0.2) is 0 Å². The van der Waals surface area contributed by atoms with Gasteiger partial charge in [-0.2, -0.15) is 0 Å². The highest BCUT2D eigenvalue weighted by molar-refractivity contribution is 5.74. The van der Waals surface area contributed by atoms with Crippen molar-refractivity contribution in [3.05, 3.63) is 71.8 Å². The van der Waals surface area contributed by atoms with E-state index in [2.05, 4.69) is 49.0 Å². The molecule has 1 heteroatoms. The van der Waals surface area contributed by atoms with E-state index >= 15 is 0 Å². The van der Waals surface area contributed by atoms with Crippen molar-refractivity contribution in [2.24, 2.45) is 5.41 Å². The average molecular weight is 304 g/mol. The normalized spacial score (nSPS) is 18.9. The zero-order valence-electron chi connectivity index (χ0n) is 13.7. The van der Waals surface area contributed by atoms with Crippen LogP contribution in [0.2, 0.25) is 0 Å². The minimum Gasteiger partial charge on any atom is -0.489 e. The van der Waals surface area contributed by atoms with Gasteiger partial charge in [0.05, 0.1) is 0 Å². The van der Waals surface area contributed by atoms with E-state index in [1.165, 1.54) is 54.4 Å². The van der Waals surface area contributed by atoms with Crippen molar-refractivity contribution in [3.8, 4) is 5.75 Å². The van der Waals surface area contributed by atoms with Gasteiger partial charge in [-0.1, -0.05) is 61.9 Å². The Kier molecular flexibility index (Phi) is 3.72. The smallest absolute Gasteiger partial charge is 0.123 e. The summed E-state index contributed by atoms with van der Waals surface area (Å²) in [6.45, 7) is 5.13.